The number of halogens is 1. The van der Waals surface area contributed by atoms with Gasteiger partial charge in [0.05, 0.1) is 5.69 Å². The predicted molar refractivity (Wildman–Crippen MR) is 91.0 cm³/mol. The fourth-order valence-electron chi connectivity index (χ4n) is 2.48. The summed E-state index contributed by atoms with van der Waals surface area (Å²) in [7, 11) is 0. The topological polar surface area (TPSA) is 69.8 Å². The number of nitrogens with one attached hydrogen (secondary N) is 3. The van der Waals surface area contributed by atoms with Crippen molar-refractivity contribution in [3.8, 4) is 11.3 Å². The minimum atomic E-state index is 0.0668. The van der Waals surface area contributed by atoms with Gasteiger partial charge in [-0.2, -0.15) is 5.10 Å². The maximum Gasteiger partial charge on any atom is 0.228 e. The molecule has 5 nitrogen and oxygen atoms in total. The third-order valence-corrected chi connectivity index (χ3v) is 4.41. The van der Waals surface area contributed by atoms with E-state index in [9.17, 15) is 4.79 Å². The minimum Gasteiger partial charge on any atom is -0.317 e. The number of nitrogens with zero attached hydrogens (tertiary/aromatic N) is 1. The summed E-state index contributed by atoms with van der Waals surface area (Å²) in [6, 6.07) is 10.0. The lowest BCUT2D eigenvalue weighted by molar-refractivity contribution is -0.120. The van der Waals surface area contributed by atoms with Gasteiger partial charge < -0.3 is 10.6 Å². The lowest BCUT2D eigenvalue weighted by Gasteiger charge is -2.21. The van der Waals surface area contributed by atoms with E-state index in [0.29, 0.717) is 5.82 Å². The van der Waals surface area contributed by atoms with Crippen molar-refractivity contribution in [3.05, 3.63) is 33.9 Å². The lowest BCUT2D eigenvalue weighted by Crippen LogP contribution is -2.34. The van der Waals surface area contributed by atoms with Gasteiger partial charge in [0.15, 0.2) is 5.82 Å². The summed E-state index contributed by atoms with van der Waals surface area (Å²) in [6.45, 7) is 1.82. The van der Waals surface area contributed by atoms with E-state index < -0.39 is 0 Å². The highest BCUT2D eigenvalue weighted by Gasteiger charge is 2.21. The highest BCUT2D eigenvalue weighted by Crippen LogP contribution is 2.21. The summed E-state index contributed by atoms with van der Waals surface area (Å²) in [4.78, 5) is 12.2. The highest BCUT2D eigenvalue weighted by molar-refractivity contribution is 14.1. The maximum absolute atomic E-state index is 12.2. The first-order valence-electron chi connectivity index (χ1n) is 7.05. The Labute approximate surface area is 137 Å². The van der Waals surface area contributed by atoms with Crippen molar-refractivity contribution < 1.29 is 4.79 Å². The van der Waals surface area contributed by atoms with Crippen LogP contribution in [0.15, 0.2) is 30.3 Å². The second-order valence-electron chi connectivity index (χ2n) is 5.19. The number of rotatable bonds is 3. The number of piperidine rings is 1. The molecule has 3 N–H and O–H groups in total. The zero-order valence-electron chi connectivity index (χ0n) is 11.5. The summed E-state index contributed by atoms with van der Waals surface area (Å²) in [5.41, 5.74) is 1.97. The normalized spacial score (nSPS) is 15.9. The molecule has 3 rings (SSSR count). The van der Waals surface area contributed by atoms with Crippen LogP contribution in [0, 0.1) is 9.49 Å². The Hall–Kier alpha value is -1.41. The number of benzene rings is 1. The van der Waals surface area contributed by atoms with Gasteiger partial charge in [-0.25, -0.2) is 0 Å². The monoisotopic (exact) mass is 396 g/mol. The molecule has 1 fully saturated rings. The lowest BCUT2D eigenvalue weighted by atomic mass is 9.97. The van der Waals surface area contributed by atoms with Gasteiger partial charge in [0.25, 0.3) is 0 Å². The fourth-order valence-corrected chi connectivity index (χ4v) is 2.84. The third-order valence-electron chi connectivity index (χ3n) is 3.69. The van der Waals surface area contributed by atoms with Crippen LogP contribution in [0.25, 0.3) is 11.3 Å². The highest BCUT2D eigenvalue weighted by atomic mass is 127. The molecule has 110 valence electrons. The fraction of sp³-hybridized carbons (Fsp3) is 0.333. The van der Waals surface area contributed by atoms with Gasteiger partial charge in [-0.05, 0) is 66.2 Å². The molecule has 1 saturated heterocycles. The molecule has 2 aromatic rings. The molecule has 1 aliphatic heterocycles. The molecule has 0 spiro atoms. The minimum absolute atomic E-state index is 0.0668. The van der Waals surface area contributed by atoms with Gasteiger partial charge in [-0.1, -0.05) is 12.1 Å². The first kappa shape index (κ1) is 14.5. The number of carbonyl (C=O) groups excluding carboxylic acids is 1. The number of amides is 1. The van der Waals surface area contributed by atoms with Crippen molar-refractivity contribution >= 4 is 34.3 Å². The van der Waals surface area contributed by atoms with E-state index in [-0.39, 0.29) is 11.8 Å². The van der Waals surface area contributed by atoms with Crippen molar-refractivity contribution in [2.45, 2.75) is 12.8 Å². The van der Waals surface area contributed by atoms with Crippen LogP contribution in [0.2, 0.25) is 0 Å². The molecular formula is C15H17IN4O. The van der Waals surface area contributed by atoms with Crippen LogP contribution < -0.4 is 10.6 Å². The smallest absolute Gasteiger partial charge is 0.228 e. The van der Waals surface area contributed by atoms with Gasteiger partial charge in [-0.15, -0.1) is 0 Å². The Morgan fingerprint density at radius 2 is 1.95 bits per heavy atom. The van der Waals surface area contributed by atoms with Crippen LogP contribution >= 0.6 is 22.6 Å². The van der Waals surface area contributed by atoms with Crippen LogP contribution in [0.1, 0.15) is 12.8 Å². The third kappa shape index (κ3) is 3.62. The van der Waals surface area contributed by atoms with Gasteiger partial charge in [0.2, 0.25) is 5.91 Å². The van der Waals surface area contributed by atoms with E-state index in [2.05, 4.69) is 43.4 Å². The van der Waals surface area contributed by atoms with Crippen molar-refractivity contribution in [3.63, 3.8) is 0 Å². The number of anilines is 1. The van der Waals surface area contributed by atoms with E-state index in [1.807, 2.05) is 30.3 Å². The first-order chi connectivity index (χ1) is 10.2. The SMILES string of the molecule is O=C(Nc1cc(-c2ccc(I)cc2)[nH]n1)C1CCNCC1. The maximum atomic E-state index is 12.2. The Bertz CT molecular complexity index is 617. The Morgan fingerprint density at radius 1 is 1.24 bits per heavy atom. The summed E-state index contributed by atoms with van der Waals surface area (Å²) >= 11 is 2.27. The second-order valence-corrected chi connectivity index (χ2v) is 6.43. The van der Waals surface area contributed by atoms with Crippen molar-refractivity contribution in [1.29, 1.82) is 0 Å². The van der Waals surface area contributed by atoms with Gasteiger partial charge >= 0.3 is 0 Å². The molecule has 0 radical (unpaired) electrons. The second kappa shape index (κ2) is 6.57. The van der Waals surface area contributed by atoms with E-state index in [4.69, 9.17) is 0 Å². The average molecular weight is 396 g/mol. The van der Waals surface area contributed by atoms with Gasteiger partial charge in [0.1, 0.15) is 0 Å². The summed E-state index contributed by atoms with van der Waals surface area (Å²) in [6.07, 6.45) is 1.78. The van der Waals surface area contributed by atoms with Crippen molar-refractivity contribution in [2.75, 3.05) is 18.4 Å². The Kier molecular flexibility index (Phi) is 4.54. The zero-order chi connectivity index (χ0) is 14.7. The first-order valence-corrected chi connectivity index (χ1v) is 8.13. The number of H-pyrrole nitrogens is 1. The summed E-state index contributed by atoms with van der Waals surface area (Å²) in [5.74, 6) is 0.744. The van der Waals surface area contributed by atoms with Crippen LogP contribution in [-0.2, 0) is 4.79 Å². The number of carbonyl (C=O) groups is 1. The number of hydrogen-bond donors (Lipinski definition) is 3. The molecule has 2 heterocycles. The molecule has 1 amide bonds. The predicted octanol–water partition coefficient (Wildman–Crippen LogP) is 2.62. The molecule has 6 heteroatoms. The van der Waals surface area contributed by atoms with E-state index in [0.717, 1.165) is 37.2 Å². The summed E-state index contributed by atoms with van der Waals surface area (Å²) in [5, 5.41) is 13.3. The number of aromatic amines is 1. The molecule has 1 aromatic carbocycles. The van der Waals surface area contributed by atoms with Gasteiger partial charge in [-0.3, -0.25) is 9.89 Å². The van der Waals surface area contributed by atoms with Crippen LogP contribution in [-0.4, -0.2) is 29.2 Å². The summed E-state index contributed by atoms with van der Waals surface area (Å²) < 4.78 is 1.19. The number of aromatic nitrogens is 2. The quantitative estimate of drug-likeness (QED) is 0.699. The molecule has 0 saturated carbocycles. The molecule has 0 atom stereocenters. The zero-order valence-corrected chi connectivity index (χ0v) is 13.7. The largest absolute Gasteiger partial charge is 0.317 e. The van der Waals surface area contributed by atoms with Gasteiger partial charge in [0, 0.05) is 15.6 Å². The molecule has 1 aromatic heterocycles. The Balaban J connectivity index is 1.67. The standard InChI is InChI=1S/C15H17IN4O/c16-12-3-1-10(2-4-12)13-9-14(20-19-13)18-15(21)11-5-7-17-8-6-11/h1-4,9,11,17H,5-8H2,(H2,18,19,20,21). The molecule has 1 aliphatic rings. The van der Waals surface area contributed by atoms with Crippen LogP contribution in [0.3, 0.4) is 0 Å². The van der Waals surface area contributed by atoms with Crippen LogP contribution in [0.4, 0.5) is 5.82 Å². The van der Waals surface area contributed by atoms with Crippen molar-refractivity contribution in [1.82, 2.24) is 15.5 Å². The Morgan fingerprint density at radius 3 is 2.67 bits per heavy atom. The van der Waals surface area contributed by atoms with Crippen molar-refractivity contribution in [2.24, 2.45) is 5.92 Å². The molecule has 0 aliphatic carbocycles. The van der Waals surface area contributed by atoms with Crippen LogP contribution in [0.5, 0.6) is 0 Å². The molecule has 21 heavy (non-hydrogen) atoms. The average Bonchev–Trinajstić information content (AvgIpc) is 2.97. The molecule has 0 bridgehead atoms. The number of hydrogen-bond acceptors (Lipinski definition) is 3. The van der Waals surface area contributed by atoms with E-state index in [1.165, 1.54) is 3.57 Å². The van der Waals surface area contributed by atoms with E-state index >= 15 is 0 Å². The molecular weight excluding hydrogens is 379 g/mol. The molecule has 0 unspecified atom stereocenters. The van der Waals surface area contributed by atoms with E-state index in [1.54, 1.807) is 0 Å².